The quantitative estimate of drug-likeness (QED) is 0.777. The molecule has 4 nitrogen and oxygen atoms in total. The number of thioether (sulfide) groups is 1. The molecule has 0 aromatic carbocycles. The van der Waals surface area contributed by atoms with Gasteiger partial charge in [-0.3, -0.25) is 4.68 Å². The van der Waals surface area contributed by atoms with E-state index in [1.807, 2.05) is 17.9 Å². The van der Waals surface area contributed by atoms with E-state index in [2.05, 4.69) is 30.5 Å². The molecule has 17 heavy (non-hydrogen) atoms. The second kappa shape index (κ2) is 7.03. The zero-order valence-electron chi connectivity index (χ0n) is 11.1. The summed E-state index contributed by atoms with van der Waals surface area (Å²) in [5, 5.41) is 16.9. The highest BCUT2D eigenvalue weighted by atomic mass is 32.2. The van der Waals surface area contributed by atoms with Crippen LogP contribution in [0, 0.1) is 6.92 Å². The van der Waals surface area contributed by atoms with E-state index in [0.29, 0.717) is 6.04 Å². The lowest BCUT2D eigenvalue weighted by molar-refractivity contribution is 0.265. The topological polar surface area (TPSA) is 50.1 Å². The van der Waals surface area contributed by atoms with Crippen molar-refractivity contribution in [2.45, 2.75) is 32.4 Å². The average molecular weight is 257 g/mol. The van der Waals surface area contributed by atoms with Crippen LogP contribution < -0.4 is 5.32 Å². The van der Waals surface area contributed by atoms with Crippen molar-refractivity contribution >= 4 is 11.8 Å². The monoisotopic (exact) mass is 257 g/mol. The van der Waals surface area contributed by atoms with Crippen LogP contribution in [0.2, 0.25) is 0 Å². The molecule has 1 heterocycles. The molecule has 0 amide bonds. The van der Waals surface area contributed by atoms with Gasteiger partial charge < -0.3 is 10.4 Å². The van der Waals surface area contributed by atoms with Gasteiger partial charge in [0.2, 0.25) is 0 Å². The van der Waals surface area contributed by atoms with Crippen LogP contribution in [0.5, 0.6) is 0 Å². The molecule has 0 aliphatic carbocycles. The maximum Gasteiger partial charge on any atom is 0.0540 e. The van der Waals surface area contributed by atoms with Crippen LogP contribution in [0.4, 0.5) is 0 Å². The van der Waals surface area contributed by atoms with Gasteiger partial charge >= 0.3 is 0 Å². The Morgan fingerprint density at radius 2 is 2.29 bits per heavy atom. The summed E-state index contributed by atoms with van der Waals surface area (Å²) >= 11 is 1.80. The number of aliphatic hydroxyl groups excluding tert-OH is 1. The number of aromatic nitrogens is 2. The first kappa shape index (κ1) is 14.5. The average Bonchev–Trinajstić information content (AvgIpc) is 2.60. The van der Waals surface area contributed by atoms with E-state index in [9.17, 15) is 0 Å². The summed E-state index contributed by atoms with van der Waals surface area (Å²) in [6.45, 7) is 4.46. The van der Waals surface area contributed by atoms with Crippen molar-refractivity contribution < 1.29 is 5.11 Å². The largest absolute Gasteiger partial charge is 0.396 e. The molecule has 2 atom stereocenters. The lowest BCUT2D eigenvalue weighted by Crippen LogP contribution is -2.34. The lowest BCUT2D eigenvalue weighted by Gasteiger charge is -2.22. The van der Waals surface area contributed by atoms with Crippen molar-refractivity contribution in [1.29, 1.82) is 0 Å². The molecular weight excluding hydrogens is 234 g/mol. The molecule has 0 saturated carbocycles. The molecule has 0 aliphatic heterocycles. The minimum Gasteiger partial charge on any atom is -0.396 e. The SMILES string of the molecule is CSCC(CCO)NC(C)c1cnn(C)c1C. The zero-order chi connectivity index (χ0) is 12.8. The van der Waals surface area contributed by atoms with Crippen LogP contribution in [-0.4, -0.2) is 39.5 Å². The molecule has 0 aliphatic rings. The van der Waals surface area contributed by atoms with Crippen molar-refractivity contribution in [3.8, 4) is 0 Å². The zero-order valence-corrected chi connectivity index (χ0v) is 11.9. The highest BCUT2D eigenvalue weighted by molar-refractivity contribution is 7.98. The summed E-state index contributed by atoms with van der Waals surface area (Å²) in [5.74, 6) is 1.02. The Labute approximate surface area is 108 Å². The predicted molar refractivity (Wildman–Crippen MR) is 73.4 cm³/mol. The van der Waals surface area contributed by atoms with Gasteiger partial charge in [-0.05, 0) is 26.5 Å². The van der Waals surface area contributed by atoms with Gasteiger partial charge in [0, 0.05) is 42.7 Å². The normalized spacial score (nSPS) is 14.9. The molecule has 1 aromatic heterocycles. The van der Waals surface area contributed by atoms with Crippen molar-refractivity contribution in [3.63, 3.8) is 0 Å². The van der Waals surface area contributed by atoms with E-state index >= 15 is 0 Å². The van der Waals surface area contributed by atoms with Gasteiger partial charge in [-0.1, -0.05) is 0 Å². The molecule has 0 bridgehead atoms. The summed E-state index contributed by atoms with van der Waals surface area (Å²) in [6, 6.07) is 0.622. The third kappa shape index (κ3) is 4.01. The minimum absolute atomic E-state index is 0.233. The van der Waals surface area contributed by atoms with Crippen LogP contribution in [-0.2, 0) is 7.05 Å². The fourth-order valence-corrected chi connectivity index (χ4v) is 2.62. The Bertz CT molecular complexity index is 334. The van der Waals surface area contributed by atoms with Crippen LogP contribution in [0.15, 0.2) is 6.20 Å². The Morgan fingerprint density at radius 1 is 1.59 bits per heavy atom. The third-order valence-corrected chi connectivity index (χ3v) is 3.81. The number of rotatable bonds is 7. The molecule has 0 radical (unpaired) electrons. The molecule has 1 rings (SSSR count). The number of hydrogen-bond donors (Lipinski definition) is 2. The van der Waals surface area contributed by atoms with Gasteiger partial charge in [0.1, 0.15) is 0 Å². The smallest absolute Gasteiger partial charge is 0.0540 e. The molecule has 2 unspecified atom stereocenters. The Kier molecular flexibility index (Phi) is 6.02. The lowest BCUT2D eigenvalue weighted by atomic mass is 10.1. The number of nitrogens with one attached hydrogen (secondary N) is 1. The summed E-state index contributed by atoms with van der Waals surface area (Å²) in [4.78, 5) is 0. The number of nitrogens with zero attached hydrogens (tertiary/aromatic N) is 2. The second-order valence-electron chi connectivity index (χ2n) is 4.36. The first-order valence-corrected chi connectivity index (χ1v) is 7.33. The molecular formula is C12H23N3OS. The fraction of sp³-hybridized carbons (Fsp3) is 0.750. The Balaban J connectivity index is 2.63. The summed E-state index contributed by atoms with van der Waals surface area (Å²) in [5.41, 5.74) is 2.42. The van der Waals surface area contributed by atoms with Gasteiger partial charge in [-0.25, -0.2) is 0 Å². The van der Waals surface area contributed by atoms with Gasteiger partial charge in [-0.2, -0.15) is 16.9 Å². The Hall–Kier alpha value is -0.520. The van der Waals surface area contributed by atoms with Crippen molar-refractivity contribution in [3.05, 3.63) is 17.5 Å². The third-order valence-electron chi connectivity index (χ3n) is 3.07. The van der Waals surface area contributed by atoms with Crippen LogP contribution >= 0.6 is 11.8 Å². The molecule has 98 valence electrons. The van der Waals surface area contributed by atoms with Gasteiger partial charge in [0.05, 0.1) is 6.20 Å². The van der Waals surface area contributed by atoms with Crippen LogP contribution in [0.25, 0.3) is 0 Å². The number of hydrogen-bond acceptors (Lipinski definition) is 4. The van der Waals surface area contributed by atoms with E-state index in [4.69, 9.17) is 5.11 Å². The van der Waals surface area contributed by atoms with E-state index in [-0.39, 0.29) is 12.6 Å². The van der Waals surface area contributed by atoms with Gasteiger partial charge in [-0.15, -0.1) is 0 Å². The first-order chi connectivity index (χ1) is 8.10. The second-order valence-corrected chi connectivity index (χ2v) is 5.27. The number of aryl methyl sites for hydroxylation is 1. The standard InChI is InChI=1S/C12H23N3OS/c1-9(12-7-13-15(3)10(12)2)14-11(5-6-16)8-17-4/h7,9,11,14,16H,5-6,8H2,1-4H3. The van der Waals surface area contributed by atoms with Crippen molar-refractivity contribution in [2.24, 2.45) is 7.05 Å². The highest BCUT2D eigenvalue weighted by Gasteiger charge is 2.16. The molecule has 2 N–H and O–H groups in total. The maximum absolute atomic E-state index is 9.04. The summed E-state index contributed by atoms with van der Waals surface area (Å²) in [6.07, 6.45) is 4.80. The van der Waals surface area contributed by atoms with E-state index in [1.54, 1.807) is 11.8 Å². The first-order valence-electron chi connectivity index (χ1n) is 5.94. The van der Waals surface area contributed by atoms with Crippen LogP contribution in [0.1, 0.15) is 30.6 Å². The molecule has 0 fully saturated rings. The van der Waals surface area contributed by atoms with Gasteiger partial charge in [0.15, 0.2) is 0 Å². The molecule has 5 heteroatoms. The molecule has 1 aromatic rings. The summed E-state index contributed by atoms with van der Waals surface area (Å²) < 4.78 is 1.89. The molecule has 0 spiro atoms. The Morgan fingerprint density at radius 3 is 2.76 bits per heavy atom. The minimum atomic E-state index is 0.233. The number of aliphatic hydroxyl groups is 1. The van der Waals surface area contributed by atoms with E-state index in [1.165, 1.54) is 11.3 Å². The van der Waals surface area contributed by atoms with Crippen molar-refractivity contribution in [2.75, 3.05) is 18.6 Å². The highest BCUT2D eigenvalue weighted by Crippen LogP contribution is 2.17. The van der Waals surface area contributed by atoms with Crippen molar-refractivity contribution in [1.82, 2.24) is 15.1 Å². The van der Waals surface area contributed by atoms with Gasteiger partial charge in [0.25, 0.3) is 0 Å². The van der Waals surface area contributed by atoms with E-state index < -0.39 is 0 Å². The molecule has 0 saturated heterocycles. The summed E-state index contributed by atoms with van der Waals surface area (Å²) in [7, 11) is 1.96. The van der Waals surface area contributed by atoms with E-state index in [0.717, 1.165) is 12.2 Å². The van der Waals surface area contributed by atoms with Crippen LogP contribution in [0.3, 0.4) is 0 Å². The fourth-order valence-electron chi connectivity index (χ4n) is 1.96. The predicted octanol–water partition coefficient (Wildman–Crippen LogP) is 1.49. The maximum atomic E-state index is 9.04.